The zero-order valence-electron chi connectivity index (χ0n) is 12.7. The van der Waals surface area contributed by atoms with Crippen LogP contribution in [-0.4, -0.2) is 21.9 Å². The van der Waals surface area contributed by atoms with Crippen LogP contribution in [0.4, 0.5) is 0 Å². The molecule has 0 N–H and O–H groups in total. The number of carbonyl (C=O) groups is 1. The van der Waals surface area contributed by atoms with Gasteiger partial charge in [0.1, 0.15) is 0 Å². The van der Waals surface area contributed by atoms with Crippen LogP contribution in [0.5, 0.6) is 0 Å². The van der Waals surface area contributed by atoms with Crippen molar-refractivity contribution >= 4 is 5.91 Å². The first-order chi connectivity index (χ1) is 7.51. The van der Waals surface area contributed by atoms with Gasteiger partial charge in [0, 0.05) is 16.7 Å². The van der Waals surface area contributed by atoms with Crippen molar-refractivity contribution in [2.45, 2.75) is 78.8 Å². The molecule has 0 aliphatic carbocycles. The Morgan fingerprint density at radius 2 is 1.47 bits per heavy atom. The first-order valence-electron chi connectivity index (χ1n) is 6.54. The van der Waals surface area contributed by atoms with E-state index in [1.807, 2.05) is 4.90 Å². The van der Waals surface area contributed by atoms with E-state index < -0.39 is 0 Å². The zero-order chi connectivity index (χ0) is 13.9. The number of carbonyl (C=O) groups excluding carboxylic acids is 1. The monoisotopic (exact) mass is 239 g/mol. The minimum Gasteiger partial charge on any atom is -0.329 e. The van der Waals surface area contributed by atoms with Crippen molar-refractivity contribution in [1.29, 1.82) is 0 Å². The lowest BCUT2D eigenvalue weighted by Gasteiger charge is -2.45. The van der Waals surface area contributed by atoms with Gasteiger partial charge in [-0.05, 0) is 54.4 Å². The smallest absolute Gasteiger partial charge is 0.250 e. The molecule has 0 unspecified atom stereocenters. The van der Waals surface area contributed by atoms with Crippen molar-refractivity contribution < 1.29 is 4.79 Å². The van der Waals surface area contributed by atoms with E-state index in [-0.39, 0.29) is 17.0 Å². The van der Waals surface area contributed by atoms with Crippen LogP contribution in [0.2, 0.25) is 0 Å². The first-order valence-corrected chi connectivity index (χ1v) is 6.54. The lowest BCUT2D eigenvalue weighted by molar-refractivity contribution is -0.138. The second-order valence-corrected chi connectivity index (χ2v) is 6.69. The third kappa shape index (κ3) is 4.93. The highest BCUT2D eigenvalue weighted by molar-refractivity contribution is 5.93. The molecule has 0 heterocycles. The number of hydrogen-bond acceptors (Lipinski definition) is 1. The summed E-state index contributed by atoms with van der Waals surface area (Å²) in [6.45, 7) is 18.5. The van der Waals surface area contributed by atoms with Crippen LogP contribution >= 0.6 is 0 Å². The van der Waals surface area contributed by atoms with Crippen molar-refractivity contribution in [3.05, 3.63) is 12.2 Å². The van der Waals surface area contributed by atoms with E-state index in [2.05, 4.69) is 55.0 Å². The Morgan fingerprint density at radius 3 is 1.76 bits per heavy atom. The minimum absolute atomic E-state index is 0.0958. The van der Waals surface area contributed by atoms with E-state index in [0.717, 1.165) is 24.8 Å². The molecule has 0 aromatic heterocycles. The molecule has 2 nitrogen and oxygen atoms in total. The SMILES string of the molecule is C=C(CCCC)C(=O)N(C(C)(C)C)C(C)(C)C. The van der Waals surface area contributed by atoms with Gasteiger partial charge in [-0.15, -0.1) is 0 Å². The van der Waals surface area contributed by atoms with Gasteiger partial charge in [-0.3, -0.25) is 4.79 Å². The predicted molar refractivity (Wildman–Crippen MR) is 75.0 cm³/mol. The van der Waals surface area contributed by atoms with Crippen LogP contribution in [0.15, 0.2) is 12.2 Å². The van der Waals surface area contributed by atoms with Gasteiger partial charge in [0.2, 0.25) is 5.91 Å². The summed E-state index contributed by atoms with van der Waals surface area (Å²) in [5.74, 6) is 0.0958. The Bertz CT molecular complexity index is 264. The van der Waals surface area contributed by atoms with E-state index in [1.165, 1.54) is 0 Å². The fourth-order valence-electron chi connectivity index (χ4n) is 2.27. The topological polar surface area (TPSA) is 20.3 Å². The number of hydrogen-bond donors (Lipinski definition) is 0. The first kappa shape index (κ1) is 16.2. The lowest BCUT2D eigenvalue weighted by atomic mass is 9.94. The number of unbranched alkanes of at least 4 members (excludes halogenated alkanes) is 1. The summed E-state index contributed by atoms with van der Waals surface area (Å²) in [5.41, 5.74) is 0.381. The summed E-state index contributed by atoms with van der Waals surface area (Å²) in [6, 6.07) is 0. The maximum atomic E-state index is 12.5. The van der Waals surface area contributed by atoms with Crippen molar-refractivity contribution in [3.63, 3.8) is 0 Å². The van der Waals surface area contributed by atoms with Gasteiger partial charge < -0.3 is 4.90 Å². The Balaban J connectivity index is 4.97. The molecule has 17 heavy (non-hydrogen) atoms. The van der Waals surface area contributed by atoms with Gasteiger partial charge in [-0.1, -0.05) is 19.9 Å². The third-order valence-electron chi connectivity index (χ3n) is 2.68. The molecule has 0 atom stereocenters. The highest BCUT2D eigenvalue weighted by atomic mass is 16.2. The van der Waals surface area contributed by atoms with E-state index in [0.29, 0.717) is 0 Å². The summed E-state index contributed by atoms with van der Waals surface area (Å²) >= 11 is 0. The standard InChI is InChI=1S/C15H29NO/c1-9-10-11-12(2)13(17)16(14(3,4)5)15(6,7)8/h2,9-11H2,1,3-8H3. The molecule has 0 rings (SSSR count). The van der Waals surface area contributed by atoms with Crippen molar-refractivity contribution in [2.24, 2.45) is 0 Å². The molecule has 0 aromatic carbocycles. The van der Waals surface area contributed by atoms with Gasteiger partial charge in [0.25, 0.3) is 0 Å². The van der Waals surface area contributed by atoms with Crippen molar-refractivity contribution in [2.75, 3.05) is 0 Å². The second-order valence-electron chi connectivity index (χ2n) is 6.69. The molecule has 0 fully saturated rings. The van der Waals surface area contributed by atoms with Gasteiger partial charge >= 0.3 is 0 Å². The lowest BCUT2D eigenvalue weighted by Crippen LogP contribution is -2.56. The predicted octanol–water partition coefficient (Wildman–Crippen LogP) is 4.16. The highest BCUT2D eigenvalue weighted by Gasteiger charge is 2.36. The molecule has 0 aliphatic heterocycles. The second kappa shape index (κ2) is 5.70. The van der Waals surface area contributed by atoms with Crippen molar-refractivity contribution in [3.8, 4) is 0 Å². The van der Waals surface area contributed by atoms with Crippen LogP contribution in [0.25, 0.3) is 0 Å². The Hall–Kier alpha value is -0.790. The summed E-state index contributed by atoms with van der Waals surface area (Å²) in [7, 11) is 0. The molecular formula is C15H29NO. The van der Waals surface area contributed by atoms with E-state index in [1.54, 1.807) is 0 Å². The van der Waals surface area contributed by atoms with Crippen molar-refractivity contribution in [1.82, 2.24) is 4.90 Å². The van der Waals surface area contributed by atoms with E-state index in [9.17, 15) is 4.79 Å². The van der Waals surface area contributed by atoms with E-state index in [4.69, 9.17) is 0 Å². The summed E-state index contributed by atoms with van der Waals surface area (Å²) < 4.78 is 0. The van der Waals surface area contributed by atoms with Gasteiger partial charge in [0.05, 0.1) is 0 Å². The fourth-order valence-corrected chi connectivity index (χ4v) is 2.27. The van der Waals surface area contributed by atoms with Crippen LogP contribution in [0, 0.1) is 0 Å². The van der Waals surface area contributed by atoms with Crippen LogP contribution in [-0.2, 0) is 4.79 Å². The fraction of sp³-hybridized carbons (Fsp3) is 0.800. The minimum atomic E-state index is -0.176. The molecule has 0 aromatic rings. The van der Waals surface area contributed by atoms with Gasteiger partial charge in [-0.2, -0.15) is 0 Å². The summed E-state index contributed by atoms with van der Waals surface area (Å²) in [6.07, 6.45) is 2.93. The Labute approximate surface area is 107 Å². The average Bonchev–Trinajstić information content (AvgIpc) is 2.09. The molecule has 0 saturated heterocycles. The number of amides is 1. The third-order valence-corrected chi connectivity index (χ3v) is 2.68. The van der Waals surface area contributed by atoms with Gasteiger partial charge in [-0.25, -0.2) is 0 Å². The summed E-state index contributed by atoms with van der Waals surface area (Å²) in [5, 5.41) is 0. The number of nitrogens with zero attached hydrogens (tertiary/aromatic N) is 1. The van der Waals surface area contributed by atoms with Gasteiger partial charge in [0.15, 0.2) is 0 Å². The normalized spacial score (nSPS) is 12.4. The summed E-state index contributed by atoms with van der Waals surface area (Å²) in [4.78, 5) is 14.4. The quantitative estimate of drug-likeness (QED) is 0.675. The maximum Gasteiger partial charge on any atom is 0.250 e. The molecule has 0 saturated carbocycles. The Morgan fingerprint density at radius 1 is 1.06 bits per heavy atom. The Kier molecular flexibility index (Phi) is 5.44. The van der Waals surface area contributed by atoms with Crippen LogP contribution in [0.3, 0.4) is 0 Å². The molecule has 2 heteroatoms. The largest absolute Gasteiger partial charge is 0.329 e. The van der Waals surface area contributed by atoms with Crippen LogP contribution in [0.1, 0.15) is 67.7 Å². The highest BCUT2D eigenvalue weighted by Crippen LogP contribution is 2.27. The molecule has 100 valence electrons. The van der Waals surface area contributed by atoms with Crippen LogP contribution < -0.4 is 0 Å². The number of rotatable bonds is 4. The molecule has 0 bridgehead atoms. The molecule has 0 radical (unpaired) electrons. The average molecular weight is 239 g/mol. The molecule has 0 spiro atoms. The zero-order valence-corrected chi connectivity index (χ0v) is 12.7. The molecular weight excluding hydrogens is 210 g/mol. The maximum absolute atomic E-state index is 12.5. The molecule has 0 aliphatic rings. The molecule has 1 amide bonds. The van der Waals surface area contributed by atoms with E-state index >= 15 is 0 Å².